The van der Waals surface area contributed by atoms with Gasteiger partial charge in [-0.3, -0.25) is 14.5 Å². The second-order valence-electron chi connectivity index (χ2n) is 4.22. The summed E-state index contributed by atoms with van der Waals surface area (Å²) in [6.45, 7) is 5.16. The monoisotopic (exact) mass is 245 g/mol. The summed E-state index contributed by atoms with van der Waals surface area (Å²) < 4.78 is 9.21. The highest BCUT2D eigenvalue weighted by atomic mass is 16.5. The quantitative estimate of drug-likeness (QED) is 0.599. The summed E-state index contributed by atoms with van der Waals surface area (Å²) in [7, 11) is 2.68. The van der Waals surface area contributed by atoms with Gasteiger partial charge in [0.15, 0.2) is 0 Å². The van der Waals surface area contributed by atoms with Gasteiger partial charge in [-0.25, -0.2) is 0 Å². The topological polar surface area (TPSA) is 55.8 Å². The lowest BCUT2D eigenvalue weighted by Crippen LogP contribution is -2.38. The van der Waals surface area contributed by atoms with E-state index in [0.29, 0.717) is 12.5 Å². The molecule has 0 aliphatic heterocycles. The van der Waals surface area contributed by atoms with Crippen LogP contribution in [0.3, 0.4) is 0 Å². The zero-order chi connectivity index (χ0) is 13.3. The Hall–Kier alpha value is -1.10. The maximum Gasteiger partial charge on any atom is 0.319 e. The van der Waals surface area contributed by atoms with E-state index in [0.717, 1.165) is 12.8 Å². The second kappa shape index (κ2) is 8.98. The lowest BCUT2D eigenvalue weighted by Gasteiger charge is -2.23. The van der Waals surface area contributed by atoms with Gasteiger partial charge in [-0.15, -0.1) is 0 Å². The van der Waals surface area contributed by atoms with Crippen molar-refractivity contribution in [1.29, 1.82) is 0 Å². The van der Waals surface area contributed by atoms with Crippen molar-refractivity contribution in [2.75, 3.05) is 33.9 Å². The Kier molecular flexibility index (Phi) is 8.40. The summed E-state index contributed by atoms with van der Waals surface area (Å²) in [5.74, 6) is -0.232. The van der Waals surface area contributed by atoms with Crippen molar-refractivity contribution < 1.29 is 19.1 Å². The van der Waals surface area contributed by atoms with Gasteiger partial charge in [0.25, 0.3) is 0 Å². The molecule has 0 radical (unpaired) electrons. The Morgan fingerprint density at radius 3 is 1.94 bits per heavy atom. The molecular weight excluding hydrogens is 222 g/mol. The molecule has 0 saturated carbocycles. The van der Waals surface area contributed by atoms with Gasteiger partial charge in [-0.05, 0) is 12.3 Å². The molecule has 0 aliphatic carbocycles. The van der Waals surface area contributed by atoms with E-state index in [2.05, 4.69) is 23.3 Å². The van der Waals surface area contributed by atoms with Crippen LogP contribution in [0.5, 0.6) is 0 Å². The number of nitrogens with zero attached hydrogens (tertiary/aromatic N) is 1. The molecule has 0 aliphatic rings. The molecule has 1 unspecified atom stereocenters. The predicted octanol–water partition coefficient (Wildman–Crippen LogP) is 1.07. The van der Waals surface area contributed by atoms with Crippen molar-refractivity contribution in [3.8, 4) is 0 Å². The minimum absolute atomic E-state index is 0.125. The number of hydrogen-bond acceptors (Lipinski definition) is 5. The maximum atomic E-state index is 11.2. The average molecular weight is 245 g/mol. The molecule has 0 spiro atoms. The summed E-state index contributed by atoms with van der Waals surface area (Å²) >= 11 is 0. The third-order valence-electron chi connectivity index (χ3n) is 2.51. The molecule has 0 bridgehead atoms. The maximum absolute atomic E-state index is 11.2. The Balaban J connectivity index is 4.28. The third kappa shape index (κ3) is 7.74. The Labute approximate surface area is 103 Å². The van der Waals surface area contributed by atoms with E-state index in [-0.39, 0.29) is 25.0 Å². The summed E-state index contributed by atoms with van der Waals surface area (Å²) in [5, 5.41) is 0. The first-order chi connectivity index (χ1) is 8.03. The molecule has 0 saturated heterocycles. The van der Waals surface area contributed by atoms with Crippen molar-refractivity contribution in [2.45, 2.75) is 26.7 Å². The number of esters is 2. The molecule has 100 valence electrons. The lowest BCUT2D eigenvalue weighted by atomic mass is 10.1. The minimum atomic E-state index is -0.336. The van der Waals surface area contributed by atoms with E-state index in [9.17, 15) is 9.59 Å². The fraction of sp³-hybridized carbons (Fsp3) is 0.833. The van der Waals surface area contributed by atoms with Crippen LogP contribution < -0.4 is 0 Å². The number of hydrogen-bond donors (Lipinski definition) is 0. The van der Waals surface area contributed by atoms with Crippen molar-refractivity contribution in [2.24, 2.45) is 5.92 Å². The van der Waals surface area contributed by atoms with Crippen LogP contribution in [-0.2, 0) is 19.1 Å². The van der Waals surface area contributed by atoms with E-state index in [1.807, 2.05) is 0 Å². The van der Waals surface area contributed by atoms with E-state index >= 15 is 0 Å². The molecule has 5 heteroatoms. The van der Waals surface area contributed by atoms with Crippen LogP contribution in [0.1, 0.15) is 26.7 Å². The number of ether oxygens (including phenoxy) is 2. The van der Waals surface area contributed by atoms with E-state index in [1.54, 1.807) is 4.90 Å². The van der Waals surface area contributed by atoms with Crippen LogP contribution in [-0.4, -0.2) is 50.7 Å². The Bertz CT molecular complexity index is 225. The molecule has 5 nitrogen and oxygen atoms in total. The predicted molar refractivity (Wildman–Crippen MR) is 64.5 cm³/mol. The number of methoxy groups -OCH3 is 2. The standard InChI is InChI=1S/C12H23NO4/c1-5-6-10(2)7-13(8-11(14)16-3)9-12(15)17-4/h10H,5-9H2,1-4H3. The van der Waals surface area contributed by atoms with Crippen LogP contribution in [0.15, 0.2) is 0 Å². The highest BCUT2D eigenvalue weighted by Gasteiger charge is 2.17. The highest BCUT2D eigenvalue weighted by molar-refractivity contribution is 5.74. The van der Waals surface area contributed by atoms with Crippen LogP contribution in [0.4, 0.5) is 0 Å². The van der Waals surface area contributed by atoms with E-state index in [4.69, 9.17) is 0 Å². The van der Waals surface area contributed by atoms with Gasteiger partial charge < -0.3 is 9.47 Å². The Morgan fingerprint density at radius 2 is 1.59 bits per heavy atom. The van der Waals surface area contributed by atoms with Gasteiger partial charge in [0, 0.05) is 6.54 Å². The number of carbonyl (C=O) groups is 2. The first kappa shape index (κ1) is 15.9. The summed E-state index contributed by atoms with van der Waals surface area (Å²) in [6, 6.07) is 0. The van der Waals surface area contributed by atoms with Crippen LogP contribution in [0.25, 0.3) is 0 Å². The molecule has 0 heterocycles. The molecule has 17 heavy (non-hydrogen) atoms. The average Bonchev–Trinajstić information content (AvgIpc) is 2.28. The fourth-order valence-electron chi connectivity index (χ4n) is 1.70. The van der Waals surface area contributed by atoms with Crippen LogP contribution in [0.2, 0.25) is 0 Å². The highest BCUT2D eigenvalue weighted by Crippen LogP contribution is 2.07. The molecule has 0 aromatic heterocycles. The van der Waals surface area contributed by atoms with Crippen molar-refractivity contribution in [1.82, 2.24) is 4.90 Å². The van der Waals surface area contributed by atoms with E-state index in [1.165, 1.54) is 14.2 Å². The van der Waals surface area contributed by atoms with Crippen LogP contribution >= 0.6 is 0 Å². The number of rotatable bonds is 8. The van der Waals surface area contributed by atoms with Gasteiger partial charge in [0.05, 0.1) is 27.3 Å². The first-order valence-electron chi connectivity index (χ1n) is 5.89. The fourth-order valence-corrected chi connectivity index (χ4v) is 1.70. The zero-order valence-corrected chi connectivity index (χ0v) is 11.2. The lowest BCUT2D eigenvalue weighted by molar-refractivity contribution is -0.145. The second-order valence-corrected chi connectivity index (χ2v) is 4.22. The van der Waals surface area contributed by atoms with Gasteiger partial charge in [-0.2, -0.15) is 0 Å². The third-order valence-corrected chi connectivity index (χ3v) is 2.51. The molecule has 0 N–H and O–H groups in total. The number of carbonyl (C=O) groups excluding carboxylic acids is 2. The van der Waals surface area contributed by atoms with Crippen molar-refractivity contribution in [3.05, 3.63) is 0 Å². The molecule has 0 fully saturated rings. The molecule has 1 atom stereocenters. The van der Waals surface area contributed by atoms with Crippen molar-refractivity contribution >= 4 is 11.9 Å². The molecule has 0 rings (SSSR count). The molecule has 0 aromatic carbocycles. The summed E-state index contributed by atoms with van der Waals surface area (Å²) in [5.41, 5.74) is 0. The van der Waals surface area contributed by atoms with Crippen molar-refractivity contribution in [3.63, 3.8) is 0 Å². The van der Waals surface area contributed by atoms with E-state index < -0.39 is 0 Å². The molecular formula is C12H23NO4. The Morgan fingerprint density at radius 1 is 1.12 bits per heavy atom. The van der Waals surface area contributed by atoms with Gasteiger partial charge in [0.2, 0.25) is 0 Å². The first-order valence-corrected chi connectivity index (χ1v) is 5.89. The van der Waals surface area contributed by atoms with Gasteiger partial charge in [0.1, 0.15) is 0 Å². The summed E-state index contributed by atoms with van der Waals surface area (Å²) in [4.78, 5) is 24.2. The van der Waals surface area contributed by atoms with Crippen LogP contribution in [0, 0.1) is 5.92 Å². The minimum Gasteiger partial charge on any atom is -0.468 e. The summed E-state index contributed by atoms with van der Waals surface area (Å²) in [6.07, 6.45) is 2.16. The van der Waals surface area contributed by atoms with Gasteiger partial charge >= 0.3 is 11.9 Å². The zero-order valence-electron chi connectivity index (χ0n) is 11.2. The molecule has 0 aromatic rings. The smallest absolute Gasteiger partial charge is 0.319 e. The largest absolute Gasteiger partial charge is 0.468 e. The van der Waals surface area contributed by atoms with Gasteiger partial charge in [-0.1, -0.05) is 20.3 Å². The normalized spacial score (nSPS) is 12.3. The molecule has 0 amide bonds. The SMILES string of the molecule is CCCC(C)CN(CC(=O)OC)CC(=O)OC.